The van der Waals surface area contributed by atoms with Crippen molar-refractivity contribution in [1.29, 1.82) is 0 Å². The van der Waals surface area contributed by atoms with Crippen molar-refractivity contribution < 1.29 is 27.5 Å². The zero-order valence-electron chi connectivity index (χ0n) is 26.6. The lowest BCUT2D eigenvalue weighted by Gasteiger charge is -2.34. The molecule has 0 saturated heterocycles. The molecule has 0 aliphatic heterocycles. The minimum absolute atomic E-state index is 0.0242. The van der Waals surface area contributed by atoms with E-state index in [1.807, 2.05) is 13.8 Å². The third kappa shape index (κ3) is 8.46. The van der Waals surface area contributed by atoms with Crippen LogP contribution in [0.4, 0.5) is 5.69 Å². The number of ether oxygens (including phenoxy) is 2. The molecule has 1 N–H and O–H groups in total. The van der Waals surface area contributed by atoms with Gasteiger partial charge in [-0.3, -0.25) is 13.9 Å². The lowest BCUT2D eigenvalue weighted by Crippen LogP contribution is -2.54. The van der Waals surface area contributed by atoms with Crippen molar-refractivity contribution in [2.24, 2.45) is 0 Å². The van der Waals surface area contributed by atoms with Gasteiger partial charge in [0.25, 0.3) is 10.0 Å². The molecule has 3 aromatic carbocycles. The van der Waals surface area contributed by atoms with Gasteiger partial charge in [-0.15, -0.1) is 0 Å². The molecule has 0 radical (unpaired) electrons. The van der Waals surface area contributed by atoms with Crippen molar-refractivity contribution in [3.63, 3.8) is 0 Å². The molecule has 9 nitrogen and oxygen atoms in total. The molecule has 3 aromatic rings. The highest BCUT2D eigenvalue weighted by atomic mass is 35.5. The van der Waals surface area contributed by atoms with Crippen molar-refractivity contribution in [2.45, 2.75) is 75.9 Å². The monoisotopic (exact) mass is 689 g/mol. The van der Waals surface area contributed by atoms with Gasteiger partial charge < -0.3 is 19.7 Å². The van der Waals surface area contributed by atoms with Crippen molar-refractivity contribution in [3.05, 3.63) is 81.8 Å². The topological polar surface area (TPSA) is 105 Å². The second-order valence-corrected chi connectivity index (χ2v) is 14.1. The second kappa shape index (κ2) is 15.9. The maximum atomic E-state index is 14.4. The summed E-state index contributed by atoms with van der Waals surface area (Å²) in [7, 11) is -1.44. The zero-order valence-corrected chi connectivity index (χ0v) is 28.9. The quantitative estimate of drug-likeness (QED) is 0.212. The number of anilines is 1. The van der Waals surface area contributed by atoms with Crippen LogP contribution in [-0.2, 0) is 26.2 Å². The molecule has 0 aromatic heterocycles. The number of sulfonamides is 1. The number of carbonyl (C=O) groups is 2. The molecule has 0 unspecified atom stereocenters. The van der Waals surface area contributed by atoms with E-state index in [1.165, 1.54) is 37.3 Å². The Kier molecular flexibility index (Phi) is 12.2. The van der Waals surface area contributed by atoms with E-state index in [1.54, 1.807) is 42.5 Å². The first-order valence-corrected chi connectivity index (χ1v) is 17.5. The highest BCUT2D eigenvalue weighted by Gasteiger charge is 2.35. The van der Waals surface area contributed by atoms with Crippen LogP contribution < -0.4 is 19.1 Å². The Labute approximate surface area is 281 Å². The first-order chi connectivity index (χ1) is 22.0. The van der Waals surface area contributed by atoms with Crippen LogP contribution in [0.15, 0.2) is 65.6 Å². The fraction of sp³-hybridized carbons (Fsp3) is 0.412. The first kappa shape index (κ1) is 35.4. The van der Waals surface area contributed by atoms with Crippen LogP contribution in [-0.4, -0.2) is 58.0 Å². The lowest BCUT2D eigenvalue weighted by atomic mass is 9.95. The Morgan fingerprint density at radius 2 is 1.61 bits per heavy atom. The molecule has 46 heavy (non-hydrogen) atoms. The minimum Gasteiger partial charge on any atom is -0.493 e. The third-order valence-electron chi connectivity index (χ3n) is 8.24. The summed E-state index contributed by atoms with van der Waals surface area (Å²) in [6.07, 6.45) is 5.26. The molecular formula is C34H41Cl2N3O6S. The Morgan fingerprint density at radius 1 is 0.935 bits per heavy atom. The summed E-state index contributed by atoms with van der Waals surface area (Å²) in [4.78, 5) is 29.5. The highest BCUT2D eigenvalue weighted by molar-refractivity contribution is 7.92. The van der Waals surface area contributed by atoms with Gasteiger partial charge in [-0.25, -0.2) is 8.42 Å². The van der Waals surface area contributed by atoms with Gasteiger partial charge in [0.1, 0.15) is 12.6 Å². The SMILES string of the molecule is CC[C@@H](C(=O)NC1CCCCC1)N(Cc1ccc(Cl)cc1Cl)C(=O)CN(c1ccc(C)cc1)S(=O)(=O)c1ccc(OC)c(OC)c1. The molecule has 12 heteroatoms. The van der Waals surface area contributed by atoms with Crippen molar-refractivity contribution in [2.75, 3.05) is 25.1 Å². The summed E-state index contributed by atoms with van der Waals surface area (Å²) >= 11 is 12.7. The Bertz CT molecular complexity index is 1630. The molecule has 1 atom stereocenters. The summed E-state index contributed by atoms with van der Waals surface area (Å²) in [5, 5.41) is 3.91. The van der Waals surface area contributed by atoms with Crippen LogP contribution in [0.2, 0.25) is 10.0 Å². The molecular weight excluding hydrogens is 649 g/mol. The standard InChI is InChI=1S/C34H41Cl2N3O6S/c1-5-30(34(41)37-26-9-7-6-8-10-26)38(21-24-13-14-25(35)19-29(24)36)33(40)22-39(27-15-11-23(2)12-16-27)46(42,43)28-17-18-31(44-3)32(20-28)45-4/h11-20,26,30H,5-10,21-22H2,1-4H3,(H,37,41)/t30-/m0/s1. The lowest BCUT2D eigenvalue weighted by molar-refractivity contribution is -0.140. The van der Waals surface area contributed by atoms with E-state index in [2.05, 4.69) is 5.32 Å². The van der Waals surface area contributed by atoms with Crippen molar-refractivity contribution >= 4 is 50.7 Å². The second-order valence-electron chi connectivity index (χ2n) is 11.4. The van der Waals surface area contributed by atoms with Crippen molar-refractivity contribution in [1.82, 2.24) is 10.2 Å². The van der Waals surface area contributed by atoms with Crippen LogP contribution in [0.1, 0.15) is 56.6 Å². The van der Waals surface area contributed by atoms with Crippen LogP contribution >= 0.6 is 23.2 Å². The van der Waals surface area contributed by atoms with Crippen LogP contribution in [0.25, 0.3) is 0 Å². The number of carbonyl (C=O) groups excluding carboxylic acids is 2. The minimum atomic E-state index is -4.31. The molecule has 0 spiro atoms. The summed E-state index contributed by atoms with van der Waals surface area (Å²) in [5.74, 6) is -0.262. The normalized spacial score (nSPS) is 14.3. The van der Waals surface area contributed by atoms with Crippen LogP contribution in [0.5, 0.6) is 11.5 Å². The van der Waals surface area contributed by atoms with Crippen LogP contribution in [0.3, 0.4) is 0 Å². The fourth-order valence-electron chi connectivity index (χ4n) is 5.64. The first-order valence-electron chi connectivity index (χ1n) is 15.3. The summed E-state index contributed by atoms with van der Waals surface area (Å²) in [5.41, 5.74) is 1.79. The van der Waals surface area contributed by atoms with Gasteiger partial charge in [-0.2, -0.15) is 0 Å². The Morgan fingerprint density at radius 3 is 2.22 bits per heavy atom. The van der Waals surface area contributed by atoms with Gasteiger partial charge in [0.05, 0.1) is 24.8 Å². The number of methoxy groups -OCH3 is 2. The average Bonchev–Trinajstić information content (AvgIpc) is 3.04. The highest BCUT2D eigenvalue weighted by Crippen LogP contribution is 2.33. The molecule has 0 heterocycles. The molecule has 1 saturated carbocycles. The largest absolute Gasteiger partial charge is 0.493 e. The van der Waals surface area contributed by atoms with E-state index >= 15 is 0 Å². The van der Waals surface area contributed by atoms with E-state index in [4.69, 9.17) is 32.7 Å². The zero-order chi connectivity index (χ0) is 33.4. The molecule has 2 amide bonds. The van der Waals surface area contributed by atoms with Gasteiger partial charge in [0.2, 0.25) is 11.8 Å². The Hall–Kier alpha value is -3.47. The van der Waals surface area contributed by atoms with E-state index < -0.39 is 28.5 Å². The van der Waals surface area contributed by atoms with Gasteiger partial charge in [0.15, 0.2) is 11.5 Å². The number of aryl methyl sites for hydroxylation is 1. The molecule has 1 fully saturated rings. The molecule has 1 aliphatic carbocycles. The summed E-state index contributed by atoms with van der Waals surface area (Å²) in [6, 6.07) is 15.2. The maximum Gasteiger partial charge on any atom is 0.264 e. The summed E-state index contributed by atoms with van der Waals surface area (Å²) in [6.45, 7) is 3.12. The van der Waals surface area contributed by atoms with Gasteiger partial charge in [0, 0.05) is 28.7 Å². The molecule has 4 rings (SSSR count). The van der Waals surface area contributed by atoms with E-state index in [9.17, 15) is 18.0 Å². The number of amides is 2. The smallest absolute Gasteiger partial charge is 0.264 e. The number of hydrogen-bond donors (Lipinski definition) is 1. The average molecular weight is 691 g/mol. The molecule has 248 valence electrons. The van der Waals surface area contributed by atoms with Gasteiger partial charge >= 0.3 is 0 Å². The van der Waals surface area contributed by atoms with E-state index in [0.29, 0.717) is 27.8 Å². The van der Waals surface area contributed by atoms with Crippen LogP contribution in [0, 0.1) is 6.92 Å². The predicted molar refractivity (Wildman–Crippen MR) is 181 cm³/mol. The predicted octanol–water partition coefficient (Wildman–Crippen LogP) is 6.77. The number of benzene rings is 3. The molecule has 1 aliphatic rings. The van der Waals surface area contributed by atoms with Gasteiger partial charge in [-0.05, 0) is 68.1 Å². The number of hydrogen-bond acceptors (Lipinski definition) is 6. The third-order valence-corrected chi connectivity index (χ3v) is 10.6. The fourth-order valence-corrected chi connectivity index (χ4v) is 7.54. The van der Waals surface area contributed by atoms with Gasteiger partial charge in [-0.1, -0.05) is 73.2 Å². The number of halogens is 2. The number of nitrogens with one attached hydrogen (secondary N) is 1. The van der Waals surface area contributed by atoms with E-state index in [-0.39, 0.29) is 34.8 Å². The number of rotatable bonds is 13. The maximum absolute atomic E-state index is 14.4. The van der Waals surface area contributed by atoms with E-state index in [0.717, 1.165) is 42.0 Å². The Balaban J connectivity index is 1.75. The van der Waals surface area contributed by atoms with Crippen molar-refractivity contribution in [3.8, 4) is 11.5 Å². The number of nitrogens with zero attached hydrogens (tertiary/aromatic N) is 2. The molecule has 0 bridgehead atoms. The summed E-state index contributed by atoms with van der Waals surface area (Å²) < 4.78 is 40.3.